The monoisotopic (exact) mass is 297 g/mol. The smallest absolute Gasteiger partial charge is 0.0489 e. The van der Waals surface area contributed by atoms with Crippen molar-refractivity contribution in [2.45, 2.75) is 38.3 Å². The van der Waals surface area contributed by atoms with Gasteiger partial charge in [-0.3, -0.25) is 9.88 Å². The predicted molar refractivity (Wildman–Crippen MR) is 73.8 cm³/mol. The number of rotatable bonds is 4. The van der Waals surface area contributed by atoms with Crippen molar-refractivity contribution in [3.8, 4) is 0 Å². The highest BCUT2D eigenvalue weighted by molar-refractivity contribution is 9.10. The summed E-state index contributed by atoms with van der Waals surface area (Å²) in [5, 5.41) is 0. The Balaban J connectivity index is 2.21. The molecular formula is C13H20BrN3. The van der Waals surface area contributed by atoms with Crippen LogP contribution in [-0.4, -0.2) is 29.0 Å². The van der Waals surface area contributed by atoms with Crippen LogP contribution in [0.4, 0.5) is 0 Å². The van der Waals surface area contributed by atoms with Crippen LogP contribution >= 0.6 is 15.9 Å². The van der Waals surface area contributed by atoms with Crippen molar-refractivity contribution in [2.75, 3.05) is 13.1 Å². The van der Waals surface area contributed by atoms with Crippen LogP contribution in [0.15, 0.2) is 22.9 Å². The second kappa shape index (κ2) is 5.94. The van der Waals surface area contributed by atoms with Crippen LogP contribution in [0.5, 0.6) is 0 Å². The van der Waals surface area contributed by atoms with Crippen LogP contribution in [0.1, 0.15) is 37.8 Å². The number of pyridine rings is 1. The second-order valence-corrected chi connectivity index (χ2v) is 5.55. The number of aromatic nitrogens is 1. The van der Waals surface area contributed by atoms with Gasteiger partial charge in [-0.1, -0.05) is 6.92 Å². The zero-order valence-electron chi connectivity index (χ0n) is 10.3. The lowest BCUT2D eigenvalue weighted by Gasteiger charge is -2.32. The van der Waals surface area contributed by atoms with Crippen molar-refractivity contribution in [3.05, 3.63) is 28.5 Å². The van der Waals surface area contributed by atoms with E-state index in [9.17, 15) is 0 Å². The number of nitrogens with two attached hydrogens (primary N) is 1. The predicted octanol–water partition coefficient (Wildman–Crippen LogP) is 2.72. The van der Waals surface area contributed by atoms with Crippen molar-refractivity contribution >= 4 is 15.9 Å². The summed E-state index contributed by atoms with van der Waals surface area (Å²) < 4.78 is 1.03. The number of hydrogen-bond donors (Lipinski definition) is 1. The maximum atomic E-state index is 5.97. The molecule has 94 valence electrons. The summed E-state index contributed by atoms with van der Waals surface area (Å²) in [4.78, 5) is 6.79. The third-order valence-electron chi connectivity index (χ3n) is 3.63. The van der Waals surface area contributed by atoms with Gasteiger partial charge in [0.2, 0.25) is 0 Å². The zero-order valence-corrected chi connectivity index (χ0v) is 11.9. The standard InChI is InChI=1S/C13H20BrN3/c1-2-12-4-3-5-17(12)13(7-15)10-6-11(14)9-16-8-10/h6,8-9,12-13H,2-5,7,15H2,1H3. The fourth-order valence-corrected chi connectivity index (χ4v) is 3.16. The van der Waals surface area contributed by atoms with Crippen LogP contribution < -0.4 is 5.73 Å². The molecule has 2 atom stereocenters. The minimum atomic E-state index is 0.312. The first-order valence-corrected chi connectivity index (χ1v) is 7.11. The molecule has 1 aromatic rings. The molecule has 4 heteroatoms. The van der Waals surface area contributed by atoms with E-state index in [0.717, 1.165) is 11.0 Å². The molecule has 0 radical (unpaired) electrons. The van der Waals surface area contributed by atoms with Gasteiger partial charge in [-0.25, -0.2) is 0 Å². The second-order valence-electron chi connectivity index (χ2n) is 4.63. The first-order chi connectivity index (χ1) is 8.26. The first-order valence-electron chi connectivity index (χ1n) is 6.32. The Hall–Kier alpha value is -0.450. The molecule has 3 nitrogen and oxygen atoms in total. The van der Waals surface area contributed by atoms with Gasteiger partial charge in [-0.2, -0.15) is 0 Å². The average molecular weight is 298 g/mol. The summed E-state index contributed by atoms with van der Waals surface area (Å²) in [5.41, 5.74) is 7.19. The van der Waals surface area contributed by atoms with Gasteiger partial charge in [0.1, 0.15) is 0 Å². The minimum Gasteiger partial charge on any atom is -0.329 e. The fraction of sp³-hybridized carbons (Fsp3) is 0.615. The highest BCUT2D eigenvalue weighted by Gasteiger charge is 2.29. The highest BCUT2D eigenvalue weighted by Crippen LogP contribution is 2.30. The number of nitrogens with zero attached hydrogens (tertiary/aromatic N) is 2. The van der Waals surface area contributed by atoms with Crippen LogP contribution in [-0.2, 0) is 0 Å². The molecule has 17 heavy (non-hydrogen) atoms. The summed E-state index contributed by atoms with van der Waals surface area (Å²) in [7, 11) is 0. The molecule has 0 saturated carbocycles. The topological polar surface area (TPSA) is 42.1 Å². The Labute approximate surface area is 112 Å². The molecule has 0 amide bonds. The van der Waals surface area contributed by atoms with Crippen molar-refractivity contribution in [3.63, 3.8) is 0 Å². The summed E-state index contributed by atoms with van der Waals surface area (Å²) in [6.07, 6.45) is 7.55. The van der Waals surface area contributed by atoms with Gasteiger partial charge in [0.05, 0.1) is 0 Å². The van der Waals surface area contributed by atoms with E-state index < -0.39 is 0 Å². The molecule has 2 heterocycles. The van der Waals surface area contributed by atoms with Gasteiger partial charge in [0, 0.05) is 35.5 Å². The third kappa shape index (κ3) is 2.87. The largest absolute Gasteiger partial charge is 0.329 e. The van der Waals surface area contributed by atoms with E-state index in [4.69, 9.17) is 5.73 Å². The van der Waals surface area contributed by atoms with E-state index in [0.29, 0.717) is 18.6 Å². The Bertz CT molecular complexity index is 369. The summed E-state index contributed by atoms with van der Waals surface area (Å²) in [5.74, 6) is 0. The van der Waals surface area contributed by atoms with Crippen molar-refractivity contribution in [2.24, 2.45) is 5.73 Å². The van der Waals surface area contributed by atoms with Crippen LogP contribution in [0.2, 0.25) is 0 Å². The average Bonchev–Trinajstić information content (AvgIpc) is 2.78. The normalized spacial score (nSPS) is 22.9. The Morgan fingerprint density at radius 1 is 1.59 bits per heavy atom. The lowest BCUT2D eigenvalue weighted by molar-refractivity contribution is 0.180. The van der Waals surface area contributed by atoms with E-state index >= 15 is 0 Å². The molecule has 2 unspecified atom stereocenters. The SMILES string of the molecule is CCC1CCCN1C(CN)c1cncc(Br)c1. The molecular weight excluding hydrogens is 278 g/mol. The van der Waals surface area contributed by atoms with E-state index in [-0.39, 0.29) is 0 Å². The molecule has 0 aromatic carbocycles. The van der Waals surface area contributed by atoms with Crippen molar-refractivity contribution < 1.29 is 0 Å². The molecule has 1 aromatic heterocycles. The van der Waals surface area contributed by atoms with Gasteiger partial charge in [-0.15, -0.1) is 0 Å². The molecule has 1 aliphatic heterocycles. The number of hydrogen-bond acceptors (Lipinski definition) is 3. The fourth-order valence-electron chi connectivity index (χ4n) is 2.78. The molecule has 2 N–H and O–H groups in total. The Morgan fingerprint density at radius 3 is 3.06 bits per heavy atom. The lowest BCUT2D eigenvalue weighted by atomic mass is 10.1. The molecule has 2 rings (SSSR count). The third-order valence-corrected chi connectivity index (χ3v) is 4.06. The number of halogens is 1. The van der Waals surface area contributed by atoms with Gasteiger partial charge in [-0.05, 0) is 53.4 Å². The van der Waals surface area contributed by atoms with E-state index in [2.05, 4.69) is 38.8 Å². The quantitative estimate of drug-likeness (QED) is 0.929. The molecule has 0 bridgehead atoms. The molecule has 0 spiro atoms. The van der Waals surface area contributed by atoms with E-state index in [1.165, 1.54) is 24.8 Å². The van der Waals surface area contributed by atoms with Crippen LogP contribution in [0.3, 0.4) is 0 Å². The van der Waals surface area contributed by atoms with Crippen LogP contribution in [0, 0.1) is 0 Å². The lowest BCUT2D eigenvalue weighted by Crippen LogP contribution is -2.37. The van der Waals surface area contributed by atoms with Gasteiger partial charge < -0.3 is 5.73 Å². The Kier molecular flexibility index (Phi) is 4.54. The van der Waals surface area contributed by atoms with E-state index in [1.807, 2.05) is 12.4 Å². The Morgan fingerprint density at radius 2 is 2.41 bits per heavy atom. The summed E-state index contributed by atoms with van der Waals surface area (Å²) >= 11 is 3.48. The maximum Gasteiger partial charge on any atom is 0.0489 e. The van der Waals surface area contributed by atoms with Gasteiger partial charge in [0.15, 0.2) is 0 Å². The molecule has 1 fully saturated rings. The van der Waals surface area contributed by atoms with E-state index in [1.54, 1.807) is 0 Å². The zero-order chi connectivity index (χ0) is 12.3. The maximum absolute atomic E-state index is 5.97. The highest BCUT2D eigenvalue weighted by atomic mass is 79.9. The van der Waals surface area contributed by atoms with Crippen LogP contribution in [0.25, 0.3) is 0 Å². The molecule has 1 saturated heterocycles. The van der Waals surface area contributed by atoms with Gasteiger partial charge >= 0.3 is 0 Å². The van der Waals surface area contributed by atoms with Gasteiger partial charge in [0.25, 0.3) is 0 Å². The summed E-state index contributed by atoms with van der Waals surface area (Å²) in [6, 6.07) is 3.13. The minimum absolute atomic E-state index is 0.312. The molecule has 1 aliphatic rings. The molecule has 0 aliphatic carbocycles. The van der Waals surface area contributed by atoms with Crippen molar-refractivity contribution in [1.82, 2.24) is 9.88 Å². The van der Waals surface area contributed by atoms with Crippen molar-refractivity contribution in [1.29, 1.82) is 0 Å². The summed E-state index contributed by atoms with van der Waals surface area (Å²) in [6.45, 7) is 4.08. The number of likely N-dealkylation sites (tertiary alicyclic amines) is 1. The first kappa shape index (κ1) is 13.0.